The van der Waals surface area contributed by atoms with Crippen LogP contribution >= 0.6 is 0 Å². The lowest BCUT2D eigenvalue weighted by Crippen LogP contribution is -2.40. The minimum atomic E-state index is -0.350. The molecule has 4 N–H and O–H groups in total. The highest BCUT2D eigenvalue weighted by Crippen LogP contribution is 2.25. The number of hydrogen-bond acceptors (Lipinski definition) is 4. The van der Waals surface area contributed by atoms with Gasteiger partial charge in [0.2, 0.25) is 0 Å². The molecule has 1 aliphatic rings. The minimum Gasteiger partial charge on any atom is -0.504 e. The average molecular weight is 300 g/mol. The molecule has 22 heavy (non-hydrogen) atoms. The highest BCUT2D eigenvalue weighted by atomic mass is 16.3. The Hall–Kier alpha value is -2.34. The third kappa shape index (κ3) is 2.82. The Morgan fingerprint density at radius 3 is 2.86 bits per heavy atom. The van der Waals surface area contributed by atoms with Crippen LogP contribution in [0.3, 0.4) is 0 Å². The fourth-order valence-corrected chi connectivity index (χ4v) is 2.99. The Morgan fingerprint density at radius 1 is 1.36 bits per heavy atom. The number of aromatic nitrogens is 2. The van der Waals surface area contributed by atoms with E-state index in [1.54, 1.807) is 0 Å². The number of nitrogens with one attached hydrogen (secondary N) is 1. The first-order valence-electron chi connectivity index (χ1n) is 7.54. The van der Waals surface area contributed by atoms with Gasteiger partial charge in [0.1, 0.15) is 0 Å². The molecule has 1 aromatic heterocycles. The largest absolute Gasteiger partial charge is 0.504 e. The number of hydrogen-bond donors (Lipinski definition) is 3. The van der Waals surface area contributed by atoms with Gasteiger partial charge in [0.25, 0.3) is 5.91 Å². The third-order valence-corrected chi connectivity index (χ3v) is 4.21. The highest BCUT2D eigenvalue weighted by Gasteiger charge is 2.29. The molecule has 1 aromatic carbocycles. The van der Waals surface area contributed by atoms with Crippen molar-refractivity contribution in [3.05, 3.63) is 42.2 Å². The molecule has 6 heteroatoms. The van der Waals surface area contributed by atoms with Gasteiger partial charge in [-0.15, -0.1) is 0 Å². The Kier molecular flexibility index (Phi) is 4.11. The molecule has 2 aromatic rings. The van der Waals surface area contributed by atoms with E-state index in [1.807, 2.05) is 30.3 Å². The molecule has 3 rings (SSSR count). The van der Waals surface area contributed by atoms with Crippen LogP contribution in [0.1, 0.15) is 29.8 Å². The minimum absolute atomic E-state index is 0.0477. The number of nitrogens with two attached hydrogens (primary N) is 1. The molecular weight excluding hydrogens is 280 g/mol. The molecule has 0 saturated heterocycles. The molecule has 1 saturated carbocycles. The first-order chi connectivity index (χ1) is 10.7. The number of rotatable bonds is 4. The molecule has 0 aliphatic heterocycles. The monoisotopic (exact) mass is 300 g/mol. The van der Waals surface area contributed by atoms with Crippen molar-refractivity contribution in [2.24, 2.45) is 11.7 Å². The van der Waals surface area contributed by atoms with E-state index in [1.165, 1.54) is 10.9 Å². The zero-order chi connectivity index (χ0) is 15.5. The topological polar surface area (TPSA) is 93.2 Å². The predicted molar refractivity (Wildman–Crippen MR) is 82.9 cm³/mol. The molecule has 1 amide bonds. The summed E-state index contributed by atoms with van der Waals surface area (Å²) in [5, 5.41) is 17.1. The van der Waals surface area contributed by atoms with Crippen molar-refractivity contribution in [2.45, 2.75) is 25.3 Å². The van der Waals surface area contributed by atoms with E-state index in [0.29, 0.717) is 12.5 Å². The summed E-state index contributed by atoms with van der Waals surface area (Å²) in [7, 11) is 0. The average Bonchev–Trinajstić information content (AvgIpc) is 3.14. The van der Waals surface area contributed by atoms with E-state index in [4.69, 9.17) is 5.73 Å². The fourth-order valence-electron chi connectivity index (χ4n) is 2.99. The summed E-state index contributed by atoms with van der Waals surface area (Å²) in [6.07, 6.45) is 4.47. The van der Waals surface area contributed by atoms with Gasteiger partial charge >= 0.3 is 0 Å². The maximum atomic E-state index is 12.3. The van der Waals surface area contributed by atoms with Crippen molar-refractivity contribution in [1.82, 2.24) is 15.1 Å². The second-order valence-corrected chi connectivity index (χ2v) is 5.65. The number of aromatic hydroxyl groups is 1. The SMILES string of the molecule is NCC1CCCC1NC(=O)c1nn(-c2ccccc2)cc1O. The lowest BCUT2D eigenvalue weighted by Gasteiger charge is -2.18. The second kappa shape index (κ2) is 6.19. The molecule has 2 unspecified atom stereocenters. The number of nitrogens with zero attached hydrogens (tertiary/aromatic N) is 2. The molecule has 1 fully saturated rings. The number of amides is 1. The normalized spacial score (nSPS) is 21.0. The van der Waals surface area contributed by atoms with Crippen LogP contribution in [-0.2, 0) is 0 Å². The van der Waals surface area contributed by atoms with E-state index in [2.05, 4.69) is 10.4 Å². The number of benzene rings is 1. The molecule has 2 atom stereocenters. The van der Waals surface area contributed by atoms with Crippen LogP contribution in [0.15, 0.2) is 36.5 Å². The standard InChI is InChI=1S/C16H20N4O2/c17-9-11-5-4-8-13(11)18-16(22)15-14(21)10-20(19-15)12-6-2-1-3-7-12/h1-3,6-7,10-11,13,21H,4-5,8-9,17H2,(H,18,22). The Bertz CT molecular complexity index is 653. The number of para-hydroxylation sites is 1. The van der Waals surface area contributed by atoms with Gasteiger partial charge in [0.05, 0.1) is 11.9 Å². The lowest BCUT2D eigenvalue weighted by atomic mass is 10.0. The Labute approximate surface area is 128 Å². The van der Waals surface area contributed by atoms with Crippen molar-refractivity contribution >= 4 is 5.91 Å². The summed E-state index contributed by atoms with van der Waals surface area (Å²) in [6.45, 7) is 0.565. The zero-order valence-corrected chi connectivity index (χ0v) is 12.3. The van der Waals surface area contributed by atoms with Crippen LogP contribution in [0.2, 0.25) is 0 Å². The molecule has 0 bridgehead atoms. The van der Waals surface area contributed by atoms with Crippen molar-refractivity contribution in [1.29, 1.82) is 0 Å². The second-order valence-electron chi connectivity index (χ2n) is 5.65. The fraction of sp³-hybridized carbons (Fsp3) is 0.375. The van der Waals surface area contributed by atoms with E-state index < -0.39 is 0 Å². The summed E-state index contributed by atoms with van der Waals surface area (Å²) in [4.78, 5) is 12.3. The summed E-state index contributed by atoms with van der Waals surface area (Å²) in [5.74, 6) is -0.163. The van der Waals surface area contributed by atoms with E-state index in [0.717, 1.165) is 24.9 Å². The van der Waals surface area contributed by atoms with Crippen LogP contribution in [-0.4, -0.2) is 33.4 Å². The van der Waals surface area contributed by atoms with Crippen LogP contribution in [0, 0.1) is 5.92 Å². The Morgan fingerprint density at radius 2 is 2.14 bits per heavy atom. The van der Waals surface area contributed by atoms with Gasteiger partial charge in [-0.05, 0) is 37.4 Å². The van der Waals surface area contributed by atoms with Gasteiger partial charge in [-0.1, -0.05) is 24.6 Å². The summed E-state index contributed by atoms with van der Waals surface area (Å²) in [5.41, 5.74) is 6.57. The first kappa shape index (κ1) is 14.6. The number of carbonyl (C=O) groups is 1. The quantitative estimate of drug-likeness (QED) is 0.796. The van der Waals surface area contributed by atoms with Gasteiger partial charge < -0.3 is 16.2 Å². The van der Waals surface area contributed by atoms with Crippen molar-refractivity contribution in [3.63, 3.8) is 0 Å². The van der Waals surface area contributed by atoms with Gasteiger partial charge in [0.15, 0.2) is 11.4 Å². The van der Waals surface area contributed by atoms with Gasteiger partial charge in [-0.25, -0.2) is 4.68 Å². The zero-order valence-electron chi connectivity index (χ0n) is 12.3. The van der Waals surface area contributed by atoms with Crippen molar-refractivity contribution < 1.29 is 9.90 Å². The van der Waals surface area contributed by atoms with Gasteiger partial charge in [0, 0.05) is 6.04 Å². The molecular formula is C16H20N4O2. The summed E-state index contributed by atoms with van der Waals surface area (Å²) < 4.78 is 1.50. The molecule has 116 valence electrons. The lowest BCUT2D eigenvalue weighted by molar-refractivity contribution is 0.0920. The Balaban J connectivity index is 1.77. The molecule has 6 nitrogen and oxygen atoms in total. The van der Waals surface area contributed by atoms with Gasteiger partial charge in [-0.3, -0.25) is 4.79 Å². The maximum Gasteiger partial charge on any atom is 0.275 e. The van der Waals surface area contributed by atoms with Crippen LogP contribution < -0.4 is 11.1 Å². The molecule has 1 heterocycles. The molecule has 0 spiro atoms. The molecule has 0 radical (unpaired) electrons. The number of carbonyl (C=O) groups excluding carboxylic acids is 1. The van der Waals surface area contributed by atoms with Crippen molar-refractivity contribution in [2.75, 3.05) is 6.54 Å². The highest BCUT2D eigenvalue weighted by molar-refractivity contribution is 5.95. The summed E-state index contributed by atoms with van der Waals surface area (Å²) >= 11 is 0. The first-order valence-corrected chi connectivity index (χ1v) is 7.54. The van der Waals surface area contributed by atoms with E-state index in [-0.39, 0.29) is 23.4 Å². The predicted octanol–water partition coefficient (Wildman–Crippen LogP) is 1.44. The smallest absolute Gasteiger partial charge is 0.275 e. The van der Waals surface area contributed by atoms with Crippen molar-refractivity contribution in [3.8, 4) is 11.4 Å². The maximum absolute atomic E-state index is 12.3. The van der Waals surface area contributed by atoms with E-state index in [9.17, 15) is 9.90 Å². The summed E-state index contributed by atoms with van der Waals surface area (Å²) in [6, 6.07) is 9.42. The molecule has 1 aliphatic carbocycles. The third-order valence-electron chi connectivity index (χ3n) is 4.21. The van der Waals surface area contributed by atoms with E-state index >= 15 is 0 Å². The van der Waals surface area contributed by atoms with Crippen LogP contribution in [0.4, 0.5) is 0 Å². The van der Waals surface area contributed by atoms with Crippen LogP contribution in [0.25, 0.3) is 5.69 Å². The van der Waals surface area contributed by atoms with Crippen LogP contribution in [0.5, 0.6) is 5.75 Å². The van der Waals surface area contributed by atoms with Gasteiger partial charge in [-0.2, -0.15) is 5.10 Å².